The molecule has 0 radical (unpaired) electrons. The number of carbonyl (C=O) groups is 1. The first kappa shape index (κ1) is 17.6. The second kappa shape index (κ2) is 7.42. The molecule has 7 heteroatoms. The van der Waals surface area contributed by atoms with E-state index in [1.54, 1.807) is 42.5 Å². The average molecular weight is 399 g/mol. The normalized spacial score (nSPS) is 16.9. The van der Waals surface area contributed by atoms with E-state index in [1.807, 2.05) is 18.2 Å². The predicted octanol–water partition coefficient (Wildman–Crippen LogP) is 5.63. The number of rotatable bonds is 3. The van der Waals surface area contributed by atoms with Crippen LogP contribution in [0.1, 0.15) is 5.76 Å². The van der Waals surface area contributed by atoms with Gasteiger partial charge in [0.2, 0.25) is 0 Å². The molecule has 0 saturated carbocycles. The van der Waals surface area contributed by atoms with E-state index in [2.05, 4.69) is 10.3 Å². The molecule has 1 fully saturated rings. The third-order valence-corrected chi connectivity index (χ3v) is 5.00. The van der Waals surface area contributed by atoms with Gasteiger partial charge in [0.15, 0.2) is 5.17 Å². The van der Waals surface area contributed by atoms with Gasteiger partial charge in [0.05, 0.1) is 9.93 Å². The van der Waals surface area contributed by atoms with Crippen LogP contribution in [0.15, 0.2) is 75.0 Å². The third-order valence-electron chi connectivity index (χ3n) is 3.76. The molecule has 4 nitrogen and oxygen atoms in total. The van der Waals surface area contributed by atoms with Crippen LogP contribution in [0.25, 0.3) is 17.4 Å². The number of para-hydroxylation sites is 1. The molecule has 1 N–H and O–H groups in total. The van der Waals surface area contributed by atoms with Crippen LogP contribution >= 0.6 is 23.4 Å². The van der Waals surface area contributed by atoms with E-state index >= 15 is 0 Å². The van der Waals surface area contributed by atoms with E-state index in [4.69, 9.17) is 16.0 Å². The Balaban J connectivity index is 1.58. The molecule has 1 aromatic heterocycles. The number of nitrogens with zero attached hydrogens (tertiary/aromatic N) is 1. The second-order valence-electron chi connectivity index (χ2n) is 5.62. The van der Waals surface area contributed by atoms with Gasteiger partial charge in [-0.25, -0.2) is 9.38 Å². The summed E-state index contributed by atoms with van der Waals surface area (Å²) in [5.74, 6) is 0.351. The first-order valence-electron chi connectivity index (χ1n) is 7.99. The van der Waals surface area contributed by atoms with Crippen molar-refractivity contribution in [3.8, 4) is 11.3 Å². The van der Waals surface area contributed by atoms with Gasteiger partial charge in [0.1, 0.15) is 23.0 Å². The fourth-order valence-corrected chi connectivity index (χ4v) is 3.54. The van der Waals surface area contributed by atoms with Crippen molar-refractivity contribution >= 4 is 46.2 Å². The number of hydrogen-bond acceptors (Lipinski definition) is 4. The highest BCUT2D eigenvalue weighted by Crippen LogP contribution is 2.32. The topological polar surface area (TPSA) is 54.6 Å². The molecule has 0 aliphatic carbocycles. The molecule has 2 heterocycles. The molecule has 1 saturated heterocycles. The van der Waals surface area contributed by atoms with E-state index in [1.165, 1.54) is 6.07 Å². The van der Waals surface area contributed by atoms with E-state index in [0.29, 0.717) is 26.6 Å². The number of amidine groups is 1. The van der Waals surface area contributed by atoms with Crippen molar-refractivity contribution in [2.75, 3.05) is 0 Å². The van der Waals surface area contributed by atoms with E-state index < -0.39 is 5.82 Å². The molecule has 3 aromatic rings. The lowest BCUT2D eigenvalue weighted by Gasteiger charge is -1.99. The molecule has 1 amide bonds. The molecule has 0 atom stereocenters. The maximum atomic E-state index is 13.7. The Hall–Kier alpha value is -2.83. The number of thioether (sulfide) groups is 1. The van der Waals surface area contributed by atoms with Crippen LogP contribution in [0.3, 0.4) is 0 Å². The van der Waals surface area contributed by atoms with Crippen molar-refractivity contribution in [1.29, 1.82) is 0 Å². The van der Waals surface area contributed by atoms with E-state index in [9.17, 15) is 9.18 Å². The van der Waals surface area contributed by atoms with Gasteiger partial charge in [-0.2, -0.15) is 0 Å². The Labute approximate surface area is 163 Å². The van der Waals surface area contributed by atoms with Crippen LogP contribution in [-0.2, 0) is 4.79 Å². The zero-order chi connectivity index (χ0) is 18.8. The van der Waals surface area contributed by atoms with Gasteiger partial charge >= 0.3 is 0 Å². The minimum atomic E-state index is -0.451. The first-order chi connectivity index (χ1) is 13.1. The highest BCUT2D eigenvalue weighted by Gasteiger charge is 2.24. The summed E-state index contributed by atoms with van der Waals surface area (Å²) in [4.78, 5) is 16.7. The van der Waals surface area contributed by atoms with Crippen molar-refractivity contribution in [3.63, 3.8) is 0 Å². The maximum Gasteiger partial charge on any atom is 0.264 e. The van der Waals surface area contributed by atoms with Crippen LogP contribution in [0, 0.1) is 5.82 Å². The van der Waals surface area contributed by atoms with Crippen molar-refractivity contribution < 1.29 is 13.6 Å². The smallest absolute Gasteiger partial charge is 0.264 e. The van der Waals surface area contributed by atoms with Crippen LogP contribution in [0.4, 0.5) is 10.1 Å². The molecule has 0 unspecified atom stereocenters. The number of hydrogen-bond donors (Lipinski definition) is 1. The maximum absolute atomic E-state index is 13.7. The lowest BCUT2D eigenvalue weighted by Crippen LogP contribution is -2.19. The number of nitrogens with one attached hydrogen (secondary N) is 1. The zero-order valence-electron chi connectivity index (χ0n) is 13.8. The predicted molar refractivity (Wildman–Crippen MR) is 106 cm³/mol. The van der Waals surface area contributed by atoms with Crippen molar-refractivity contribution in [1.82, 2.24) is 5.32 Å². The Kier molecular flexibility index (Phi) is 4.83. The molecule has 27 heavy (non-hydrogen) atoms. The Morgan fingerprint density at radius 3 is 2.67 bits per heavy atom. The molecule has 134 valence electrons. The fourth-order valence-electron chi connectivity index (χ4n) is 2.50. The highest BCUT2D eigenvalue weighted by atomic mass is 35.5. The van der Waals surface area contributed by atoms with Crippen LogP contribution < -0.4 is 5.32 Å². The number of halogens is 2. The first-order valence-corrected chi connectivity index (χ1v) is 9.18. The summed E-state index contributed by atoms with van der Waals surface area (Å²) < 4.78 is 19.5. The van der Waals surface area contributed by atoms with Gasteiger partial charge < -0.3 is 9.73 Å². The molecule has 1 aliphatic heterocycles. The van der Waals surface area contributed by atoms with Crippen LogP contribution in [0.2, 0.25) is 5.02 Å². The van der Waals surface area contributed by atoms with Crippen molar-refractivity contribution in [2.45, 2.75) is 0 Å². The summed E-state index contributed by atoms with van der Waals surface area (Å²) >= 11 is 7.30. The Morgan fingerprint density at radius 2 is 1.85 bits per heavy atom. The van der Waals surface area contributed by atoms with E-state index in [0.717, 1.165) is 17.3 Å². The van der Waals surface area contributed by atoms with Gasteiger partial charge in [-0.15, -0.1) is 0 Å². The van der Waals surface area contributed by atoms with E-state index in [-0.39, 0.29) is 11.6 Å². The van der Waals surface area contributed by atoms with Gasteiger partial charge in [-0.1, -0.05) is 35.9 Å². The second-order valence-corrected chi connectivity index (χ2v) is 7.05. The summed E-state index contributed by atoms with van der Waals surface area (Å²) in [7, 11) is 0. The lowest BCUT2D eigenvalue weighted by atomic mass is 10.2. The monoisotopic (exact) mass is 398 g/mol. The van der Waals surface area contributed by atoms with Gasteiger partial charge in [0, 0.05) is 11.6 Å². The Morgan fingerprint density at radius 1 is 1.07 bits per heavy atom. The molecule has 4 rings (SSSR count). The molecule has 1 aliphatic rings. The SMILES string of the molecule is O=C1NC(=Nc2ccccc2F)SC1=Cc1ccc(-c2ccccc2Cl)o1. The minimum Gasteiger partial charge on any atom is -0.457 e. The highest BCUT2D eigenvalue weighted by molar-refractivity contribution is 8.18. The summed E-state index contributed by atoms with van der Waals surface area (Å²) in [6, 6.07) is 17.0. The van der Waals surface area contributed by atoms with Crippen molar-refractivity contribution in [2.24, 2.45) is 4.99 Å². The summed E-state index contributed by atoms with van der Waals surface area (Å²) in [6.45, 7) is 0. The van der Waals surface area contributed by atoms with Crippen LogP contribution in [-0.4, -0.2) is 11.1 Å². The number of carbonyl (C=O) groups excluding carboxylic acids is 1. The molecular weight excluding hydrogens is 387 g/mol. The van der Waals surface area contributed by atoms with Crippen LogP contribution in [0.5, 0.6) is 0 Å². The third kappa shape index (κ3) is 3.82. The van der Waals surface area contributed by atoms with Gasteiger partial charge in [0.25, 0.3) is 5.91 Å². The quantitative estimate of drug-likeness (QED) is 0.581. The lowest BCUT2D eigenvalue weighted by molar-refractivity contribution is -0.115. The summed E-state index contributed by atoms with van der Waals surface area (Å²) in [5.41, 5.74) is 0.940. The fraction of sp³-hybridized carbons (Fsp3) is 0. The summed E-state index contributed by atoms with van der Waals surface area (Å²) in [6.07, 6.45) is 1.62. The number of benzene rings is 2. The van der Waals surface area contributed by atoms with Crippen molar-refractivity contribution in [3.05, 3.63) is 82.2 Å². The molecule has 0 bridgehead atoms. The zero-order valence-corrected chi connectivity index (χ0v) is 15.4. The molecule has 0 spiro atoms. The largest absolute Gasteiger partial charge is 0.457 e. The number of aliphatic imine (C=N–C) groups is 1. The molecule has 2 aromatic carbocycles. The number of amides is 1. The molecular formula is C20H12ClFN2O2S. The van der Waals surface area contributed by atoms with Gasteiger partial charge in [-0.3, -0.25) is 4.79 Å². The Bertz CT molecular complexity index is 1090. The minimum absolute atomic E-state index is 0.167. The average Bonchev–Trinajstić information content (AvgIpc) is 3.25. The summed E-state index contributed by atoms with van der Waals surface area (Å²) in [5, 5.41) is 3.52. The van der Waals surface area contributed by atoms with Gasteiger partial charge in [-0.05, 0) is 48.2 Å². The standard InChI is InChI=1S/C20H12ClFN2O2S/c21-14-6-2-1-5-13(14)17-10-9-12(26-17)11-18-19(25)24-20(27-18)23-16-8-4-3-7-15(16)22/h1-11H,(H,23,24,25). The number of furan rings is 1.